The molecule has 0 bridgehead atoms. The van der Waals surface area contributed by atoms with Crippen LogP contribution >= 0.6 is 11.8 Å². The third-order valence-electron chi connectivity index (χ3n) is 2.01. The second-order valence-electron chi connectivity index (χ2n) is 3.30. The first-order valence-corrected chi connectivity index (χ1v) is 5.83. The van der Waals surface area contributed by atoms with Crippen LogP contribution in [0.2, 0.25) is 0 Å². The van der Waals surface area contributed by atoms with Gasteiger partial charge in [0.25, 0.3) is 5.69 Å². The molecule has 1 aromatic carbocycles. The molecule has 3 N–H and O–H groups in total. The molecule has 0 unspecified atom stereocenters. The minimum Gasteiger partial charge on any atom is -0.481 e. The summed E-state index contributed by atoms with van der Waals surface area (Å²) in [4.78, 5) is 31.7. The van der Waals surface area contributed by atoms with Gasteiger partial charge in [0.1, 0.15) is 0 Å². The van der Waals surface area contributed by atoms with Gasteiger partial charge in [-0.15, -0.1) is 11.8 Å². The normalized spacial score (nSPS) is 10.0. The highest BCUT2D eigenvalue weighted by atomic mass is 32.2. The van der Waals surface area contributed by atoms with Crippen LogP contribution < -0.4 is 5.73 Å². The van der Waals surface area contributed by atoms with Crippen LogP contribution in [0.1, 0.15) is 16.8 Å². The third kappa shape index (κ3) is 3.74. The highest BCUT2D eigenvalue weighted by molar-refractivity contribution is 7.99. The molecule has 1 aromatic rings. The quantitative estimate of drug-likeness (QED) is 0.455. The Balaban J connectivity index is 2.96. The molecule has 1 rings (SSSR count). The molecule has 0 saturated carbocycles. The van der Waals surface area contributed by atoms with Crippen LogP contribution in [0, 0.1) is 10.1 Å². The molecule has 0 radical (unpaired) electrons. The zero-order valence-corrected chi connectivity index (χ0v) is 9.98. The molecular formula is C10H10N2O5S. The molecular weight excluding hydrogens is 260 g/mol. The van der Waals surface area contributed by atoms with E-state index in [0.717, 1.165) is 11.8 Å². The molecule has 0 aliphatic rings. The molecule has 1 amide bonds. The fourth-order valence-corrected chi connectivity index (χ4v) is 2.18. The van der Waals surface area contributed by atoms with Crippen molar-refractivity contribution in [3.8, 4) is 0 Å². The van der Waals surface area contributed by atoms with Gasteiger partial charge in [0.2, 0.25) is 5.91 Å². The second-order valence-corrected chi connectivity index (χ2v) is 4.43. The fourth-order valence-electron chi connectivity index (χ4n) is 1.18. The lowest BCUT2D eigenvalue weighted by molar-refractivity contribution is -0.387. The minimum absolute atomic E-state index is 0.122. The Bertz CT molecular complexity index is 503. The highest BCUT2D eigenvalue weighted by Crippen LogP contribution is 2.30. The third-order valence-corrected chi connectivity index (χ3v) is 3.06. The Morgan fingerprint density at radius 1 is 1.44 bits per heavy atom. The summed E-state index contributed by atoms with van der Waals surface area (Å²) >= 11 is 1.00. The number of nitro benzene ring substituents is 1. The molecule has 0 fully saturated rings. The first kappa shape index (κ1) is 14.0. The van der Waals surface area contributed by atoms with Gasteiger partial charge in [-0.05, 0) is 12.1 Å². The van der Waals surface area contributed by atoms with Crippen molar-refractivity contribution in [2.24, 2.45) is 5.73 Å². The van der Waals surface area contributed by atoms with Crippen LogP contribution in [0.15, 0.2) is 23.1 Å². The number of nitro groups is 1. The molecule has 0 aliphatic carbocycles. The summed E-state index contributed by atoms with van der Waals surface area (Å²) in [5, 5.41) is 19.3. The molecule has 0 aliphatic heterocycles. The van der Waals surface area contributed by atoms with Crippen LogP contribution in [0.25, 0.3) is 0 Å². The average Bonchev–Trinajstić information content (AvgIpc) is 2.27. The summed E-state index contributed by atoms with van der Waals surface area (Å²) in [5.41, 5.74) is 5.05. The molecule has 0 spiro atoms. The standard InChI is InChI=1S/C10H10N2O5S/c11-10(15)6-1-2-7(12(16)17)8(5-6)18-4-3-9(13)14/h1-2,5H,3-4H2,(H2,11,15)(H,13,14). The average molecular weight is 270 g/mol. The summed E-state index contributed by atoms with van der Waals surface area (Å²) in [6, 6.07) is 3.75. The number of aliphatic carboxylic acids is 1. The summed E-state index contributed by atoms with van der Waals surface area (Å²) in [6.45, 7) is 0. The Morgan fingerprint density at radius 2 is 2.11 bits per heavy atom. The van der Waals surface area contributed by atoms with Crippen molar-refractivity contribution in [2.45, 2.75) is 11.3 Å². The van der Waals surface area contributed by atoms with Crippen LogP contribution in [-0.2, 0) is 4.79 Å². The zero-order chi connectivity index (χ0) is 13.7. The predicted octanol–water partition coefficient (Wildman–Crippen LogP) is 1.26. The number of rotatable bonds is 6. The van der Waals surface area contributed by atoms with E-state index in [1.54, 1.807) is 0 Å². The van der Waals surface area contributed by atoms with Gasteiger partial charge in [-0.2, -0.15) is 0 Å². The molecule has 0 saturated heterocycles. The largest absolute Gasteiger partial charge is 0.481 e. The Labute approximate surface area is 106 Å². The number of nitrogens with two attached hydrogens (primary N) is 1. The van der Waals surface area contributed by atoms with Crippen molar-refractivity contribution in [1.82, 2.24) is 0 Å². The smallest absolute Gasteiger partial charge is 0.304 e. The van der Waals surface area contributed by atoms with Gasteiger partial charge < -0.3 is 10.8 Å². The van der Waals surface area contributed by atoms with Gasteiger partial charge in [0, 0.05) is 17.4 Å². The fraction of sp³-hybridized carbons (Fsp3) is 0.200. The van der Waals surface area contributed by atoms with Crippen LogP contribution in [0.4, 0.5) is 5.69 Å². The molecule has 0 aromatic heterocycles. The summed E-state index contributed by atoms with van der Waals surface area (Å²) < 4.78 is 0. The number of primary amides is 1. The number of carbonyl (C=O) groups is 2. The number of amides is 1. The molecule has 18 heavy (non-hydrogen) atoms. The minimum atomic E-state index is -0.990. The van der Waals surface area contributed by atoms with Crippen molar-refractivity contribution in [3.05, 3.63) is 33.9 Å². The lowest BCUT2D eigenvalue weighted by Crippen LogP contribution is -2.11. The van der Waals surface area contributed by atoms with Gasteiger partial charge in [0.05, 0.1) is 16.2 Å². The van der Waals surface area contributed by atoms with E-state index in [1.165, 1.54) is 18.2 Å². The van der Waals surface area contributed by atoms with Gasteiger partial charge in [-0.3, -0.25) is 19.7 Å². The van der Waals surface area contributed by atoms with E-state index in [1.807, 2.05) is 0 Å². The highest BCUT2D eigenvalue weighted by Gasteiger charge is 2.16. The van der Waals surface area contributed by atoms with Crippen LogP contribution in [0.5, 0.6) is 0 Å². The van der Waals surface area contributed by atoms with Gasteiger partial charge >= 0.3 is 5.97 Å². The topological polar surface area (TPSA) is 124 Å². The van der Waals surface area contributed by atoms with E-state index in [-0.39, 0.29) is 28.3 Å². The van der Waals surface area contributed by atoms with E-state index in [0.29, 0.717) is 0 Å². The van der Waals surface area contributed by atoms with Gasteiger partial charge in [-0.25, -0.2) is 0 Å². The number of carbonyl (C=O) groups excluding carboxylic acids is 1. The number of carboxylic acid groups (broad SMARTS) is 1. The number of thioether (sulfide) groups is 1. The first-order valence-electron chi connectivity index (χ1n) is 4.84. The van der Waals surface area contributed by atoms with E-state index >= 15 is 0 Å². The summed E-state index contributed by atoms with van der Waals surface area (Å²) in [5.74, 6) is -1.50. The maximum absolute atomic E-state index is 11.0. The monoisotopic (exact) mass is 270 g/mol. The number of hydrogen-bond acceptors (Lipinski definition) is 5. The number of hydrogen-bond donors (Lipinski definition) is 2. The van der Waals surface area contributed by atoms with E-state index in [2.05, 4.69) is 0 Å². The van der Waals surface area contributed by atoms with Crippen molar-refractivity contribution in [3.63, 3.8) is 0 Å². The summed E-state index contributed by atoms with van der Waals surface area (Å²) in [7, 11) is 0. The van der Waals surface area contributed by atoms with E-state index < -0.39 is 16.8 Å². The lowest BCUT2D eigenvalue weighted by Gasteiger charge is -2.03. The van der Waals surface area contributed by atoms with Gasteiger partial charge in [0.15, 0.2) is 0 Å². The molecule has 7 nitrogen and oxygen atoms in total. The predicted molar refractivity (Wildman–Crippen MR) is 64.6 cm³/mol. The number of nitrogens with zero attached hydrogens (tertiary/aromatic N) is 1. The SMILES string of the molecule is NC(=O)c1ccc([N+](=O)[O-])c(SCCC(=O)O)c1. The first-order chi connectivity index (χ1) is 8.41. The molecule has 8 heteroatoms. The van der Waals surface area contributed by atoms with Crippen molar-refractivity contribution < 1.29 is 19.6 Å². The van der Waals surface area contributed by atoms with Crippen molar-refractivity contribution >= 4 is 29.3 Å². The van der Waals surface area contributed by atoms with E-state index in [9.17, 15) is 19.7 Å². The van der Waals surface area contributed by atoms with Crippen molar-refractivity contribution in [2.75, 3.05) is 5.75 Å². The van der Waals surface area contributed by atoms with Crippen molar-refractivity contribution in [1.29, 1.82) is 0 Å². The maximum Gasteiger partial charge on any atom is 0.304 e. The second kappa shape index (κ2) is 6.01. The zero-order valence-electron chi connectivity index (χ0n) is 9.16. The molecule has 0 atom stereocenters. The Kier molecular flexibility index (Phi) is 4.67. The number of carboxylic acids is 1. The van der Waals surface area contributed by atoms with Gasteiger partial charge in [-0.1, -0.05) is 0 Å². The number of benzene rings is 1. The Hall–Kier alpha value is -2.09. The van der Waals surface area contributed by atoms with Crippen LogP contribution in [0.3, 0.4) is 0 Å². The molecule has 96 valence electrons. The Morgan fingerprint density at radius 3 is 2.61 bits per heavy atom. The molecule has 0 heterocycles. The lowest BCUT2D eigenvalue weighted by atomic mass is 10.2. The summed E-state index contributed by atoms with van der Waals surface area (Å²) in [6.07, 6.45) is -0.122. The van der Waals surface area contributed by atoms with Crippen LogP contribution in [-0.4, -0.2) is 27.7 Å². The van der Waals surface area contributed by atoms with E-state index in [4.69, 9.17) is 10.8 Å². The maximum atomic E-state index is 11.0.